The molecule has 26 heavy (non-hydrogen) atoms. The normalized spacial score (nSPS) is 10.7. The number of anilines is 1. The zero-order chi connectivity index (χ0) is 19.1. The minimum Gasteiger partial charge on any atom is -0.482 e. The van der Waals surface area contributed by atoms with Crippen molar-refractivity contribution in [3.05, 3.63) is 57.6 Å². The number of nitrogens with zero attached hydrogens (tertiary/aromatic N) is 1. The summed E-state index contributed by atoms with van der Waals surface area (Å²) in [6.45, 7) is 6.48. The lowest BCUT2D eigenvalue weighted by Crippen LogP contribution is -2.38. The van der Waals surface area contributed by atoms with Gasteiger partial charge in [-0.3, -0.25) is 9.69 Å². The highest BCUT2D eigenvalue weighted by atomic mass is 35.5. The molecule has 4 nitrogen and oxygen atoms in total. The van der Waals surface area contributed by atoms with Gasteiger partial charge >= 0.3 is 0 Å². The van der Waals surface area contributed by atoms with Crippen molar-refractivity contribution >= 4 is 34.8 Å². The van der Waals surface area contributed by atoms with Crippen molar-refractivity contribution in [3.8, 4) is 5.75 Å². The SMILES string of the molecule is CCOCN(C(=O)COc1ccc(Cl)cc1Cl)c1c(C)cccc1CC. The first-order chi connectivity index (χ1) is 12.5. The average molecular weight is 396 g/mol. The third kappa shape index (κ3) is 5.13. The Morgan fingerprint density at radius 3 is 2.58 bits per heavy atom. The minimum atomic E-state index is -0.200. The Morgan fingerprint density at radius 2 is 1.92 bits per heavy atom. The molecule has 0 heterocycles. The van der Waals surface area contributed by atoms with Crippen LogP contribution in [0.3, 0.4) is 0 Å². The van der Waals surface area contributed by atoms with Gasteiger partial charge in [-0.05, 0) is 49.6 Å². The molecule has 2 rings (SSSR count). The second-order valence-electron chi connectivity index (χ2n) is 5.74. The molecule has 0 aromatic heterocycles. The van der Waals surface area contributed by atoms with Crippen molar-refractivity contribution in [1.29, 1.82) is 0 Å². The number of rotatable bonds is 8. The zero-order valence-corrected chi connectivity index (χ0v) is 16.7. The van der Waals surface area contributed by atoms with Crippen LogP contribution in [0.4, 0.5) is 5.69 Å². The first-order valence-electron chi connectivity index (χ1n) is 8.52. The van der Waals surface area contributed by atoms with E-state index in [1.165, 1.54) is 0 Å². The predicted molar refractivity (Wildman–Crippen MR) is 106 cm³/mol. The number of halogens is 2. The van der Waals surface area contributed by atoms with Gasteiger partial charge in [-0.15, -0.1) is 0 Å². The smallest absolute Gasteiger partial charge is 0.266 e. The summed E-state index contributed by atoms with van der Waals surface area (Å²) in [7, 11) is 0. The first-order valence-corrected chi connectivity index (χ1v) is 9.27. The third-order valence-corrected chi connectivity index (χ3v) is 4.47. The molecule has 6 heteroatoms. The van der Waals surface area contributed by atoms with Crippen LogP contribution in [-0.4, -0.2) is 25.9 Å². The Morgan fingerprint density at radius 1 is 1.15 bits per heavy atom. The summed E-state index contributed by atoms with van der Waals surface area (Å²) in [5.41, 5.74) is 2.98. The van der Waals surface area contributed by atoms with Crippen LogP contribution in [0.1, 0.15) is 25.0 Å². The highest BCUT2D eigenvalue weighted by molar-refractivity contribution is 6.35. The lowest BCUT2D eigenvalue weighted by Gasteiger charge is -2.26. The van der Waals surface area contributed by atoms with Crippen LogP contribution in [0, 0.1) is 6.92 Å². The molecule has 0 aliphatic rings. The Hall–Kier alpha value is -1.75. The fourth-order valence-electron chi connectivity index (χ4n) is 2.64. The molecule has 140 valence electrons. The second-order valence-corrected chi connectivity index (χ2v) is 6.59. The van der Waals surface area contributed by atoms with E-state index in [9.17, 15) is 4.79 Å². The van der Waals surface area contributed by atoms with Gasteiger partial charge < -0.3 is 9.47 Å². The van der Waals surface area contributed by atoms with Crippen LogP contribution >= 0.6 is 23.2 Å². The monoisotopic (exact) mass is 395 g/mol. The molecule has 0 saturated carbocycles. The standard InChI is InChI=1S/C20H23Cl2NO3/c1-4-15-8-6-7-14(3)20(15)23(13-25-5-2)19(24)12-26-18-10-9-16(21)11-17(18)22/h6-11H,4-5,12-13H2,1-3H3. The predicted octanol–water partition coefficient (Wildman–Crippen LogP) is 5.27. The largest absolute Gasteiger partial charge is 0.482 e. The quantitative estimate of drug-likeness (QED) is 0.571. The lowest BCUT2D eigenvalue weighted by atomic mass is 10.0. The maximum absolute atomic E-state index is 12.9. The van der Waals surface area contributed by atoms with E-state index in [1.807, 2.05) is 32.0 Å². The molecule has 0 bridgehead atoms. The van der Waals surface area contributed by atoms with Gasteiger partial charge in [0.1, 0.15) is 12.5 Å². The van der Waals surface area contributed by atoms with E-state index >= 15 is 0 Å². The van der Waals surface area contributed by atoms with Gasteiger partial charge in [-0.1, -0.05) is 48.3 Å². The van der Waals surface area contributed by atoms with Gasteiger partial charge in [0, 0.05) is 11.6 Å². The van der Waals surface area contributed by atoms with Gasteiger partial charge in [0.15, 0.2) is 6.61 Å². The van der Waals surface area contributed by atoms with E-state index in [-0.39, 0.29) is 19.2 Å². The number of carbonyl (C=O) groups is 1. The first kappa shape index (κ1) is 20.6. The van der Waals surface area contributed by atoms with E-state index < -0.39 is 0 Å². The molecular formula is C20H23Cl2NO3. The van der Waals surface area contributed by atoms with E-state index in [2.05, 4.69) is 6.92 Å². The van der Waals surface area contributed by atoms with Crippen LogP contribution in [0.2, 0.25) is 10.0 Å². The van der Waals surface area contributed by atoms with Crippen LogP contribution in [0.25, 0.3) is 0 Å². The number of carbonyl (C=O) groups excluding carboxylic acids is 1. The van der Waals surface area contributed by atoms with Crippen molar-refractivity contribution in [1.82, 2.24) is 0 Å². The van der Waals surface area contributed by atoms with Crippen molar-refractivity contribution in [2.75, 3.05) is 24.8 Å². The van der Waals surface area contributed by atoms with Gasteiger partial charge in [-0.25, -0.2) is 0 Å². The number of hydrogen-bond donors (Lipinski definition) is 0. The molecule has 0 unspecified atom stereocenters. The molecule has 0 fully saturated rings. The van der Waals surface area contributed by atoms with Crippen molar-refractivity contribution < 1.29 is 14.3 Å². The summed E-state index contributed by atoms with van der Waals surface area (Å²) >= 11 is 12.0. The zero-order valence-electron chi connectivity index (χ0n) is 15.2. The Bertz CT molecular complexity index is 765. The third-order valence-electron chi connectivity index (χ3n) is 3.94. The molecule has 2 aromatic rings. The summed E-state index contributed by atoms with van der Waals surface area (Å²) < 4.78 is 11.1. The molecule has 1 amide bonds. The minimum absolute atomic E-state index is 0.147. The van der Waals surface area contributed by atoms with Crippen LogP contribution in [0.15, 0.2) is 36.4 Å². The summed E-state index contributed by atoms with van der Waals surface area (Å²) in [6.07, 6.45) is 0.816. The summed E-state index contributed by atoms with van der Waals surface area (Å²) in [6, 6.07) is 10.9. The Labute approximate surface area is 164 Å². The molecule has 0 aliphatic carbocycles. The average Bonchev–Trinajstić information content (AvgIpc) is 2.62. The molecule has 0 saturated heterocycles. The number of aryl methyl sites for hydroxylation is 2. The van der Waals surface area contributed by atoms with Gasteiger partial charge in [0.05, 0.1) is 10.7 Å². The number of ether oxygens (including phenoxy) is 2. The fraction of sp³-hybridized carbons (Fsp3) is 0.350. The van der Waals surface area contributed by atoms with Crippen LogP contribution in [-0.2, 0) is 16.0 Å². The molecule has 0 spiro atoms. The van der Waals surface area contributed by atoms with E-state index in [0.717, 1.165) is 23.2 Å². The second kappa shape index (κ2) is 9.81. The summed E-state index contributed by atoms with van der Waals surface area (Å²) in [5, 5.41) is 0.881. The lowest BCUT2D eigenvalue weighted by molar-refractivity contribution is -0.121. The summed E-state index contributed by atoms with van der Waals surface area (Å²) in [4.78, 5) is 14.5. The number of para-hydroxylation sites is 1. The van der Waals surface area contributed by atoms with Crippen molar-refractivity contribution in [2.45, 2.75) is 27.2 Å². The fourth-order valence-corrected chi connectivity index (χ4v) is 3.11. The number of hydrogen-bond acceptors (Lipinski definition) is 3. The maximum atomic E-state index is 12.9. The van der Waals surface area contributed by atoms with Crippen molar-refractivity contribution in [3.63, 3.8) is 0 Å². The van der Waals surface area contributed by atoms with Gasteiger partial charge in [0.2, 0.25) is 0 Å². The maximum Gasteiger partial charge on any atom is 0.266 e. The molecule has 0 aliphatic heterocycles. The molecular weight excluding hydrogens is 373 g/mol. The number of benzene rings is 2. The molecule has 2 aromatic carbocycles. The van der Waals surface area contributed by atoms with Crippen molar-refractivity contribution in [2.24, 2.45) is 0 Å². The summed E-state index contributed by atoms with van der Waals surface area (Å²) in [5.74, 6) is 0.217. The highest BCUT2D eigenvalue weighted by Gasteiger charge is 2.21. The molecule has 0 N–H and O–H groups in total. The highest BCUT2D eigenvalue weighted by Crippen LogP contribution is 2.29. The number of amides is 1. The molecule has 0 atom stereocenters. The Balaban J connectivity index is 2.22. The van der Waals surface area contributed by atoms with Crippen LogP contribution in [0.5, 0.6) is 5.75 Å². The van der Waals surface area contributed by atoms with Gasteiger partial charge in [-0.2, -0.15) is 0 Å². The Kier molecular flexibility index (Phi) is 7.76. The van der Waals surface area contributed by atoms with Crippen LogP contribution < -0.4 is 9.64 Å². The topological polar surface area (TPSA) is 38.8 Å². The van der Waals surface area contributed by atoms with E-state index in [0.29, 0.717) is 22.4 Å². The van der Waals surface area contributed by atoms with Gasteiger partial charge in [0.25, 0.3) is 5.91 Å². The van der Waals surface area contributed by atoms with E-state index in [1.54, 1.807) is 23.1 Å². The van der Waals surface area contributed by atoms with E-state index in [4.69, 9.17) is 32.7 Å². The molecule has 0 radical (unpaired) electrons.